The largest absolute Gasteiger partial charge is 0.493 e. The second kappa shape index (κ2) is 46.9. The molecule has 0 bridgehead atoms. The highest BCUT2D eigenvalue weighted by molar-refractivity contribution is 5.57. The zero-order chi connectivity index (χ0) is 97.5. The summed E-state index contributed by atoms with van der Waals surface area (Å²) in [4.78, 5) is 0. The van der Waals surface area contributed by atoms with Crippen molar-refractivity contribution in [3.05, 3.63) is 268 Å². The van der Waals surface area contributed by atoms with Crippen LogP contribution in [0.4, 0.5) is 0 Å². The average molecular weight is 1880 g/mol. The maximum Gasteiger partial charge on any atom is 0.126 e. The minimum absolute atomic E-state index is 0.0287. The lowest BCUT2D eigenvalue weighted by molar-refractivity contribution is -0.133. The quantitative estimate of drug-likeness (QED) is 0.0355. The third kappa shape index (κ3) is 28.0. The standard InChI is InChI=1S/C77H96O12.3C12H16O2.2C3H8/c1-69(2,57-13-21-63(22-14-57)84-47-72(7)35-78-36-72)60-19-27-66(87-50-75(10)41-81-42-75)53(31-60)29-55-33-62(71(5,6)59-17-25-65(26-18-59)86-49-74(9)39-80-40-74)34-56(68(55)89-52-77(12)45-83-46-77)30-54-32-61(20-28-67(54)88-51-76(11)43-82-44-76)70(3,4)58-15-23-64(24-16-58)85-48-73(8)37-79-38-73;3*1-2-12(8-13-9-12)10-14-11-6-4-3-5-7-11;2*1-3-2/h13-28,31-34H,29-30,35-52H2,1-12H3;3*3-7H,2,8-10H2,1H3;2*3H2,1-2H3. The second-order valence-corrected chi connectivity index (χ2v) is 44.4. The Labute approximate surface area is 820 Å². The van der Waals surface area contributed by atoms with Crippen LogP contribution in [0.1, 0.15) is 219 Å². The molecule has 0 aliphatic carbocycles. The predicted molar refractivity (Wildman–Crippen MR) is 546 cm³/mol. The lowest BCUT2D eigenvalue weighted by Gasteiger charge is -2.40. The lowest BCUT2D eigenvalue weighted by atomic mass is 9.75. The molecule has 18 nitrogen and oxygen atoms in total. The van der Waals surface area contributed by atoms with Gasteiger partial charge in [-0.3, -0.25) is 0 Å². The highest BCUT2D eigenvalue weighted by Crippen LogP contribution is 2.47. The van der Waals surface area contributed by atoms with Crippen LogP contribution < -0.4 is 42.6 Å². The van der Waals surface area contributed by atoms with Gasteiger partial charge < -0.3 is 85.3 Å². The van der Waals surface area contributed by atoms with E-state index in [1.54, 1.807) is 0 Å². The first-order chi connectivity index (χ1) is 65.7. The Balaban J connectivity index is 0.000000264. The summed E-state index contributed by atoms with van der Waals surface area (Å²) in [6.07, 6.45) is 6.95. The molecule has 18 rings (SSSR count). The van der Waals surface area contributed by atoms with Gasteiger partial charge >= 0.3 is 0 Å². The molecule has 9 aromatic rings. The molecule has 0 spiro atoms. The van der Waals surface area contributed by atoms with Gasteiger partial charge in [0.15, 0.2) is 0 Å². The summed E-state index contributed by atoms with van der Waals surface area (Å²) in [5, 5.41) is 0. The number of hydrogen-bond donors (Lipinski definition) is 0. The first-order valence-corrected chi connectivity index (χ1v) is 50.4. The number of benzene rings is 9. The molecule has 137 heavy (non-hydrogen) atoms. The molecule has 0 radical (unpaired) electrons. The van der Waals surface area contributed by atoms with Crippen LogP contribution in [0.15, 0.2) is 212 Å². The Bertz CT molecular complexity index is 4810. The molecule has 0 aromatic heterocycles. The molecule has 9 aliphatic heterocycles. The molecular formula is C119H160O18. The first kappa shape index (κ1) is 105. The van der Waals surface area contributed by atoms with Gasteiger partial charge in [0.2, 0.25) is 0 Å². The van der Waals surface area contributed by atoms with Crippen molar-refractivity contribution in [2.24, 2.45) is 48.7 Å². The normalized spacial score (nSPS) is 19.0. The van der Waals surface area contributed by atoms with E-state index in [4.69, 9.17) is 85.3 Å². The molecule has 0 amide bonds. The number of hydrogen-bond acceptors (Lipinski definition) is 18. The van der Waals surface area contributed by atoms with E-state index in [0.29, 0.717) is 105 Å². The van der Waals surface area contributed by atoms with Gasteiger partial charge in [0.1, 0.15) is 51.7 Å². The Morgan fingerprint density at radius 3 is 0.650 bits per heavy atom. The summed E-state index contributed by atoms with van der Waals surface area (Å²) in [7, 11) is 0. The second-order valence-electron chi connectivity index (χ2n) is 44.4. The van der Waals surface area contributed by atoms with E-state index in [-0.39, 0.29) is 59.6 Å². The van der Waals surface area contributed by atoms with Crippen molar-refractivity contribution in [3.63, 3.8) is 0 Å². The van der Waals surface area contributed by atoms with E-state index in [9.17, 15) is 0 Å². The maximum atomic E-state index is 7.44. The molecule has 0 N–H and O–H groups in total. The minimum Gasteiger partial charge on any atom is -0.493 e. The topological polar surface area (TPSA) is 166 Å². The lowest BCUT2D eigenvalue weighted by Crippen LogP contribution is -2.46. The van der Waals surface area contributed by atoms with E-state index in [1.165, 1.54) is 46.2 Å². The molecule has 0 unspecified atom stereocenters. The van der Waals surface area contributed by atoms with Crippen molar-refractivity contribution < 1.29 is 85.3 Å². The number of rotatable bonds is 40. The van der Waals surface area contributed by atoms with Gasteiger partial charge in [0.05, 0.1) is 195 Å². The number of ether oxygens (including phenoxy) is 18. The van der Waals surface area contributed by atoms with Crippen molar-refractivity contribution in [1.82, 2.24) is 0 Å². The molecule has 9 heterocycles. The van der Waals surface area contributed by atoms with E-state index in [1.807, 2.05) is 91.0 Å². The molecule has 18 heteroatoms. The molecule has 9 saturated heterocycles. The average Bonchev–Trinajstić information content (AvgIpc) is 0.756. The van der Waals surface area contributed by atoms with Crippen LogP contribution in [-0.4, -0.2) is 178 Å². The highest BCUT2D eigenvalue weighted by atomic mass is 16.6. The van der Waals surface area contributed by atoms with Gasteiger partial charge in [-0.25, -0.2) is 0 Å². The summed E-state index contributed by atoms with van der Waals surface area (Å²) in [5.41, 5.74) is 10.8. The Hall–Kier alpha value is -9.18. The Kier molecular flexibility index (Phi) is 36.0. The van der Waals surface area contributed by atoms with Crippen molar-refractivity contribution in [1.29, 1.82) is 0 Å². The predicted octanol–water partition coefficient (Wildman–Crippen LogP) is 24.6. The van der Waals surface area contributed by atoms with Crippen molar-refractivity contribution >= 4 is 0 Å². The van der Waals surface area contributed by atoms with Gasteiger partial charge in [0.25, 0.3) is 0 Å². The molecule has 9 aromatic carbocycles. The van der Waals surface area contributed by atoms with Gasteiger partial charge in [-0.15, -0.1) is 0 Å². The summed E-state index contributed by atoms with van der Waals surface area (Å²) in [6, 6.07) is 74.2. The van der Waals surface area contributed by atoms with Crippen LogP contribution in [0.3, 0.4) is 0 Å². The Morgan fingerprint density at radius 1 is 0.219 bits per heavy atom. The van der Waals surface area contributed by atoms with E-state index in [2.05, 4.69) is 253 Å². The molecular weight excluding hydrogens is 1720 g/mol. The summed E-state index contributed by atoms with van der Waals surface area (Å²) in [5.74, 6) is 8.00. The van der Waals surface area contributed by atoms with Gasteiger partial charge in [-0.2, -0.15) is 0 Å². The molecule has 9 aliphatic rings. The fourth-order valence-electron chi connectivity index (χ4n) is 17.2. The summed E-state index contributed by atoms with van der Waals surface area (Å²) in [6.45, 7) is 61.4. The Morgan fingerprint density at radius 2 is 0.423 bits per heavy atom. The zero-order valence-corrected chi connectivity index (χ0v) is 86.1. The van der Waals surface area contributed by atoms with E-state index >= 15 is 0 Å². The van der Waals surface area contributed by atoms with Crippen LogP contribution >= 0.6 is 0 Å². The van der Waals surface area contributed by atoms with Crippen LogP contribution in [-0.2, 0) is 71.7 Å². The van der Waals surface area contributed by atoms with Gasteiger partial charge in [0, 0.05) is 61.6 Å². The summed E-state index contributed by atoms with van der Waals surface area (Å²) >= 11 is 0. The zero-order valence-electron chi connectivity index (χ0n) is 86.1. The molecule has 0 atom stereocenters. The minimum atomic E-state index is -0.468. The van der Waals surface area contributed by atoms with Gasteiger partial charge in [-0.1, -0.05) is 272 Å². The third-order valence-corrected chi connectivity index (χ3v) is 28.5. The third-order valence-electron chi connectivity index (χ3n) is 28.5. The van der Waals surface area contributed by atoms with Crippen molar-refractivity contribution in [3.8, 4) is 51.7 Å². The van der Waals surface area contributed by atoms with Crippen LogP contribution in [0, 0.1) is 48.7 Å². The fraction of sp³-hybridized carbons (Fsp3) is 0.546. The molecule has 744 valence electrons. The van der Waals surface area contributed by atoms with E-state index < -0.39 is 5.41 Å². The highest BCUT2D eigenvalue weighted by Gasteiger charge is 2.44. The SMILES string of the molecule is CC1(COc2ccc(C(C)(C)c3ccc(OCC4(C)COC4)c(Cc4cc(C(C)(C)c5ccc(OCC6(C)COC6)cc5)cc(Cc5cc(C(C)(C)c6ccc(OCC7(C)COC7)cc6)ccc5OCC5(C)COC5)c4OCC4(C)COC4)c3)cc2)COC1.CCC.CCC.CCC1(COc2ccccc2)COC1.CCC1(COc2ccccc2)COC1.CCC1(COc2ccccc2)COC1. The van der Waals surface area contributed by atoms with E-state index in [0.717, 1.165) is 179 Å². The fourth-order valence-corrected chi connectivity index (χ4v) is 17.2. The van der Waals surface area contributed by atoms with Crippen LogP contribution in [0.5, 0.6) is 51.7 Å². The maximum absolute atomic E-state index is 7.44. The molecule has 9 fully saturated rings. The van der Waals surface area contributed by atoms with Crippen LogP contribution in [0.25, 0.3) is 0 Å². The van der Waals surface area contributed by atoms with Crippen molar-refractivity contribution in [2.45, 2.75) is 193 Å². The smallest absolute Gasteiger partial charge is 0.126 e. The van der Waals surface area contributed by atoms with Gasteiger partial charge in [-0.05, 0) is 160 Å². The molecule has 0 saturated carbocycles. The summed E-state index contributed by atoms with van der Waals surface area (Å²) < 4.78 is 107. The van der Waals surface area contributed by atoms with Crippen LogP contribution in [0.2, 0.25) is 0 Å². The van der Waals surface area contributed by atoms with Crippen molar-refractivity contribution in [2.75, 3.05) is 178 Å². The first-order valence-electron chi connectivity index (χ1n) is 50.4. The monoisotopic (exact) mass is 1880 g/mol. The number of para-hydroxylation sites is 3.